The molecule has 11 nitrogen and oxygen atoms in total. The summed E-state index contributed by atoms with van der Waals surface area (Å²) < 4.78 is 12.3. The number of carbonyl (C=O) groups excluding carboxylic acids is 2. The van der Waals surface area contributed by atoms with Crippen molar-refractivity contribution in [3.8, 4) is 11.5 Å². The van der Waals surface area contributed by atoms with Crippen molar-refractivity contribution in [1.29, 1.82) is 0 Å². The molecule has 0 saturated carbocycles. The van der Waals surface area contributed by atoms with Crippen molar-refractivity contribution < 1.29 is 24.0 Å². The van der Waals surface area contributed by atoms with Crippen LogP contribution in [0, 0.1) is 17.0 Å². The van der Waals surface area contributed by atoms with Crippen molar-refractivity contribution >= 4 is 17.6 Å². The number of hydrazine groups is 1. The second kappa shape index (κ2) is 10.1. The van der Waals surface area contributed by atoms with E-state index in [-0.39, 0.29) is 24.3 Å². The van der Waals surface area contributed by atoms with Crippen LogP contribution in [0.5, 0.6) is 11.5 Å². The molecule has 1 aromatic heterocycles. The van der Waals surface area contributed by atoms with Crippen molar-refractivity contribution in [3.05, 3.63) is 45.9 Å². The van der Waals surface area contributed by atoms with Crippen LogP contribution < -0.4 is 20.3 Å². The minimum Gasteiger partial charge on any atom is -0.493 e. The van der Waals surface area contributed by atoms with Crippen molar-refractivity contribution in [1.82, 2.24) is 20.4 Å². The number of hydrogen-bond donors (Lipinski definition) is 2. The average Bonchev–Trinajstić information content (AvgIpc) is 3.09. The summed E-state index contributed by atoms with van der Waals surface area (Å²) in [7, 11) is 1.47. The quantitative estimate of drug-likeness (QED) is 0.479. The fourth-order valence-electron chi connectivity index (χ4n) is 2.43. The smallest absolute Gasteiger partial charge is 0.381 e. The van der Waals surface area contributed by atoms with E-state index in [2.05, 4.69) is 15.8 Å². The number of benzene rings is 1. The lowest BCUT2D eigenvalue weighted by molar-refractivity contribution is -0.389. The number of ether oxygens (including phenoxy) is 2. The zero-order chi connectivity index (χ0) is 21.4. The summed E-state index contributed by atoms with van der Waals surface area (Å²) in [4.78, 5) is 38.1. The highest BCUT2D eigenvalue weighted by Crippen LogP contribution is 2.28. The van der Waals surface area contributed by atoms with E-state index < -0.39 is 16.7 Å². The summed E-state index contributed by atoms with van der Waals surface area (Å²) in [5.41, 5.74) is 4.91. The van der Waals surface area contributed by atoms with E-state index in [4.69, 9.17) is 9.47 Å². The molecule has 0 aliphatic rings. The molecule has 0 spiro atoms. The molecule has 0 bridgehead atoms. The number of methoxy groups -OCH3 is 1. The van der Waals surface area contributed by atoms with Crippen LogP contribution in [0.3, 0.4) is 0 Å². The van der Waals surface area contributed by atoms with Gasteiger partial charge in [-0.2, -0.15) is 0 Å². The Morgan fingerprint density at radius 1 is 1.28 bits per heavy atom. The number of aromatic nitrogens is 2. The monoisotopic (exact) mass is 405 g/mol. The molecule has 0 aliphatic carbocycles. The number of hydrogen-bond acceptors (Lipinski definition) is 7. The Morgan fingerprint density at radius 2 is 2.03 bits per heavy atom. The number of rotatable bonds is 9. The van der Waals surface area contributed by atoms with E-state index in [1.165, 1.54) is 23.9 Å². The van der Waals surface area contributed by atoms with Gasteiger partial charge in [0, 0.05) is 25.5 Å². The average molecular weight is 405 g/mol. The van der Waals surface area contributed by atoms with Gasteiger partial charge in [-0.15, -0.1) is 0 Å². The van der Waals surface area contributed by atoms with E-state index in [9.17, 15) is 19.7 Å². The summed E-state index contributed by atoms with van der Waals surface area (Å²) >= 11 is 0. The van der Waals surface area contributed by atoms with Crippen LogP contribution in [0.15, 0.2) is 24.4 Å². The van der Waals surface area contributed by atoms with Crippen LogP contribution in [-0.2, 0) is 11.3 Å². The molecule has 0 atom stereocenters. The van der Waals surface area contributed by atoms with Gasteiger partial charge in [-0.05, 0) is 34.5 Å². The minimum atomic E-state index is -0.601. The van der Waals surface area contributed by atoms with Gasteiger partial charge in [-0.1, -0.05) is 6.92 Å². The van der Waals surface area contributed by atoms with Gasteiger partial charge in [0.05, 0.1) is 13.7 Å². The maximum atomic E-state index is 12.2. The van der Waals surface area contributed by atoms with Crippen LogP contribution in [0.2, 0.25) is 0 Å². The van der Waals surface area contributed by atoms with Gasteiger partial charge < -0.3 is 24.2 Å². The molecule has 1 heterocycles. The van der Waals surface area contributed by atoms with Crippen LogP contribution in [0.25, 0.3) is 0 Å². The van der Waals surface area contributed by atoms with Crippen molar-refractivity contribution in [2.45, 2.75) is 33.2 Å². The first kappa shape index (κ1) is 21.7. The molecule has 11 heteroatoms. The van der Waals surface area contributed by atoms with Crippen LogP contribution in [0.4, 0.5) is 5.82 Å². The summed E-state index contributed by atoms with van der Waals surface area (Å²) in [5, 5.41) is 10.7. The Hall–Kier alpha value is -3.63. The molecule has 2 aromatic rings. The molecule has 156 valence electrons. The molecular formula is C18H23N5O6. The topological polar surface area (TPSA) is 138 Å². The van der Waals surface area contributed by atoms with E-state index >= 15 is 0 Å². The summed E-state index contributed by atoms with van der Waals surface area (Å²) in [6.07, 6.45) is 2.10. The number of amides is 2. The molecule has 29 heavy (non-hydrogen) atoms. The van der Waals surface area contributed by atoms with Crippen LogP contribution in [0.1, 0.15) is 35.9 Å². The van der Waals surface area contributed by atoms with E-state index in [0.717, 1.165) is 6.42 Å². The number of imidazole rings is 1. The Kier molecular flexibility index (Phi) is 7.52. The molecule has 0 radical (unpaired) electrons. The Morgan fingerprint density at radius 3 is 2.66 bits per heavy atom. The molecule has 2 amide bonds. The van der Waals surface area contributed by atoms with E-state index in [1.54, 1.807) is 19.1 Å². The SMILES string of the molecule is CCCOc1ccc(C(=O)NNC(=O)CCn2cc([N+](=O)[O-])nc2C)cc1OC. The van der Waals surface area contributed by atoms with E-state index in [1.807, 2.05) is 6.92 Å². The largest absolute Gasteiger partial charge is 0.493 e. The van der Waals surface area contributed by atoms with Gasteiger partial charge in [0.2, 0.25) is 11.7 Å². The molecule has 2 N–H and O–H groups in total. The first-order chi connectivity index (χ1) is 13.8. The first-order valence-corrected chi connectivity index (χ1v) is 8.93. The number of nitro groups is 1. The van der Waals surface area contributed by atoms with Crippen molar-refractivity contribution in [3.63, 3.8) is 0 Å². The lowest BCUT2D eigenvalue weighted by Crippen LogP contribution is -2.41. The third-order valence-electron chi connectivity index (χ3n) is 3.93. The number of carbonyl (C=O) groups is 2. The summed E-state index contributed by atoms with van der Waals surface area (Å²) in [5.74, 6) is 0.106. The highest BCUT2D eigenvalue weighted by Gasteiger charge is 2.16. The second-order valence-corrected chi connectivity index (χ2v) is 6.06. The fourth-order valence-corrected chi connectivity index (χ4v) is 2.43. The van der Waals surface area contributed by atoms with Gasteiger partial charge in [0.15, 0.2) is 11.5 Å². The fraction of sp³-hybridized carbons (Fsp3) is 0.389. The van der Waals surface area contributed by atoms with Crippen LogP contribution in [-0.4, -0.2) is 40.0 Å². The third-order valence-corrected chi connectivity index (χ3v) is 3.93. The molecule has 2 rings (SSSR count). The van der Waals surface area contributed by atoms with Gasteiger partial charge in [0.25, 0.3) is 5.91 Å². The zero-order valence-electron chi connectivity index (χ0n) is 16.4. The number of aryl methyl sites for hydroxylation is 2. The Labute approximate surface area is 167 Å². The van der Waals surface area contributed by atoms with Gasteiger partial charge in [0.1, 0.15) is 6.20 Å². The van der Waals surface area contributed by atoms with Gasteiger partial charge in [-0.3, -0.25) is 20.4 Å². The first-order valence-electron chi connectivity index (χ1n) is 8.93. The molecule has 0 aliphatic heterocycles. The van der Waals surface area contributed by atoms with Crippen molar-refractivity contribution in [2.75, 3.05) is 13.7 Å². The standard InChI is InChI=1S/C18H23N5O6/c1-4-9-29-14-6-5-13(10-15(14)28-3)18(25)21-20-17(24)7-8-22-11-16(23(26)27)19-12(22)2/h5-6,10-11H,4,7-9H2,1-3H3,(H,20,24)(H,21,25). The molecule has 0 fully saturated rings. The molecule has 0 unspecified atom stereocenters. The van der Waals surface area contributed by atoms with Crippen molar-refractivity contribution in [2.24, 2.45) is 0 Å². The highest BCUT2D eigenvalue weighted by molar-refractivity contribution is 5.96. The highest BCUT2D eigenvalue weighted by atomic mass is 16.6. The Balaban J connectivity index is 1.88. The van der Waals surface area contributed by atoms with Gasteiger partial charge >= 0.3 is 5.82 Å². The van der Waals surface area contributed by atoms with Crippen LogP contribution >= 0.6 is 0 Å². The van der Waals surface area contributed by atoms with E-state index in [0.29, 0.717) is 23.9 Å². The predicted molar refractivity (Wildman–Crippen MR) is 103 cm³/mol. The second-order valence-electron chi connectivity index (χ2n) is 6.06. The zero-order valence-corrected chi connectivity index (χ0v) is 16.4. The summed E-state index contributed by atoms with van der Waals surface area (Å²) in [6.45, 7) is 4.30. The normalized spacial score (nSPS) is 10.3. The maximum Gasteiger partial charge on any atom is 0.381 e. The number of nitrogens with zero attached hydrogens (tertiary/aromatic N) is 3. The molecule has 0 saturated heterocycles. The lowest BCUT2D eigenvalue weighted by Gasteiger charge is -2.12. The molecule has 1 aromatic carbocycles. The maximum absolute atomic E-state index is 12.2. The predicted octanol–water partition coefficient (Wildman–Crippen LogP) is 1.75. The lowest BCUT2D eigenvalue weighted by atomic mass is 10.2. The van der Waals surface area contributed by atoms with Gasteiger partial charge in [-0.25, -0.2) is 0 Å². The molecular weight excluding hydrogens is 382 g/mol. The minimum absolute atomic E-state index is 0.00174. The third kappa shape index (κ3) is 5.92. The summed E-state index contributed by atoms with van der Waals surface area (Å²) in [6, 6.07) is 4.70. The Bertz CT molecular complexity index is 895. The number of nitrogens with one attached hydrogen (secondary N) is 2.